The number of hydrogen-bond donors (Lipinski definition) is 1. The summed E-state index contributed by atoms with van der Waals surface area (Å²) < 4.78 is 7.94. The molecule has 0 aliphatic carbocycles. The first kappa shape index (κ1) is 23.1. The third-order valence-electron chi connectivity index (χ3n) is 7.70. The highest BCUT2D eigenvalue weighted by molar-refractivity contribution is 5.91. The summed E-state index contributed by atoms with van der Waals surface area (Å²) >= 11 is 0. The molecule has 2 aliphatic heterocycles. The lowest BCUT2D eigenvalue weighted by Crippen LogP contribution is -2.44. The highest BCUT2D eigenvalue weighted by Gasteiger charge is 2.28. The van der Waals surface area contributed by atoms with Crippen molar-refractivity contribution < 1.29 is 4.74 Å². The zero-order chi connectivity index (χ0) is 24.8. The molecule has 2 saturated heterocycles. The van der Waals surface area contributed by atoms with Crippen molar-refractivity contribution in [2.24, 2.45) is 0 Å². The summed E-state index contributed by atoms with van der Waals surface area (Å²) in [5.41, 5.74) is 6.01. The average molecular weight is 487 g/mol. The lowest BCUT2D eigenvalue weighted by atomic mass is 10.1. The first-order chi connectivity index (χ1) is 17.5. The first-order valence-electron chi connectivity index (χ1n) is 13.0. The maximum Gasteiger partial charge on any atom is 0.162 e. The number of likely N-dealkylation sites (tertiary alicyclic amines) is 1. The van der Waals surface area contributed by atoms with Gasteiger partial charge in [0, 0.05) is 60.3 Å². The van der Waals surface area contributed by atoms with Crippen LogP contribution in [0.4, 0.5) is 5.82 Å². The second-order valence-corrected chi connectivity index (χ2v) is 9.98. The zero-order valence-electron chi connectivity index (χ0n) is 21.5. The van der Waals surface area contributed by atoms with Crippen molar-refractivity contribution in [3.8, 4) is 22.6 Å². The van der Waals surface area contributed by atoms with E-state index < -0.39 is 0 Å². The van der Waals surface area contributed by atoms with Crippen molar-refractivity contribution in [1.29, 1.82) is 0 Å². The molecule has 0 bridgehead atoms. The van der Waals surface area contributed by atoms with Crippen LogP contribution >= 0.6 is 0 Å². The molecule has 0 radical (unpaired) electrons. The summed E-state index contributed by atoms with van der Waals surface area (Å²) in [6.45, 7) is 14.1. The molecule has 0 saturated carbocycles. The third-order valence-corrected chi connectivity index (χ3v) is 7.70. The quantitative estimate of drug-likeness (QED) is 0.456. The Morgan fingerprint density at radius 2 is 2.06 bits per heavy atom. The van der Waals surface area contributed by atoms with Crippen LogP contribution in [0.5, 0.6) is 0 Å². The fourth-order valence-corrected chi connectivity index (χ4v) is 5.74. The molecular formula is C27H34N8O. The van der Waals surface area contributed by atoms with Crippen molar-refractivity contribution in [3.63, 3.8) is 0 Å². The number of rotatable bonds is 5. The minimum Gasteiger partial charge on any atom is -0.377 e. The number of nitrogens with zero attached hydrogens (tertiary/aromatic N) is 7. The molecular weight excluding hydrogens is 452 g/mol. The largest absolute Gasteiger partial charge is 0.377 e. The molecule has 4 aromatic heterocycles. The fourth-order valence-electron chi connectivity index (χ4n) is 5.74. The van der Waals surface area contributed by atoms with E-state index in [-0.39, 0.29) is 6.04 Å². The number of fused-ring (bicyclic) bond motifs is 1. The highest BCUT2D eigenvalue weighted by Crippen LogP contribution is 2.35. The fraction of sp³-hybridized carbons (Fsp3) is 0.481. The maximum atomic E-state index is 5.71. The molecule has 6 rings (SSSR count). The van der Waals surface area contributed by atoms with Gasteiger partial charge in [-0.3, -0.25) is 4.68 Å². The van der Waals surface area contributed by atoms with E-state index >= 15 is 0 Å². The summed E-state index contributed by atoms with van der Waals surface area (Å²) in [6.07, 6.45) is 4.86. The molecule has 188 valence electrons. The molecule has 2 aliphatic rings. The number of likely N-dealkylation sites (N-methyl/N-ethyl adjacent to an activating group) is 1. The topological polar surface area (TPSA) is 88.0 Å². The van der Waals surface area contributed by atoms with Gasteiger partial charge < -0.3 is 19.5 Å². The van der Waals surface area contributed by atoms with Crippen LogP contribution in [0.2, 0.25) is 0 Å². The number of H-pyrrole nitrogens is 1. The normalized spacial score (nSPS) is 21.1. The SMILES string of the molecule is CCN1CCC(n2nc(C)c(-c3cc(N4CCOC[C@H]4C)nc(-c4ccnc5[nH]ccc45)n3)c2C)C1. The number of aryl methyl sites for hydroxylation is 1. The van der Waals surface area contributed by atoms with E-state index in [1.807, 2.05) is 24.5 Å². The first-order valence-corrected chi connectivity index (χ1v) is 13.0. The van der Waals surface area contributed by atoms with Gasteiger partial charge in [0.05, 0.1) is 36.7 Å². The smallest absolute Gasteiger partial charge is 0.162 e. The maximum absolute atomic E-state index is 5.71. The van der Waals surface area contributed by atoms with E-state index in [1.165, 1.54) is 5.69 Å². The molecule has 9 heteroatoms. The Bertz CT molecular complexity index is 1390. The van der Waals surface area contributed by atoms with Crippen LogP contribution in [0.25, 0.3) is 33.7 Å². The van der Waals surface area contributed by atoms with Gasteiger partial charge in [-0.2, -0.15) is 5.10 Å². The lowest BCUT2D eigenvalue weighted by Gasteiger charge is -2.34. The Morgan fingerprint density at radius 3 is 2.86 bits per heavy atom. The van der Waals surface area contributed by atoms with Crippen molar-refractivity contribution >= 4 is 16.9 Å². The van der Waals surface area contributed by atoms with Crippen LogP contribution in [0.15, 0.2) is 30.6 Å². The molecule has 2 fully saturated rings. The Balaban J connectivity index is 1.49. The van der Waals surface area contributed by atoms with Crippen LogP contribution in [-0.4, -0.2) is 80.1 Å². The number of hydrogen-bond acceptors (Lipinski definition) is 7. The van der Waals surface area contributed by atoms with Crippen molar-refractivity contribution in [1.82, 2.24) is 34.6 Å². The predicted molar refractivity (Wildman–Crippen MR) is 141 cm³/mol. The lowest BCUT2D eigenvalue weighted by molar-refractivity contribution is 0.0985. The van der Waals surface area contributed by atoms with Crippen molar-refractivity contribution in [3.05, 3.63) is 42.0 Å². The van der Waals surface area contributed by atoms with Crippen LogP contribution in [0, 0.1) is 13.8 Å². The molecule has 1 unspecified atom stereocenters. The van der Waals surface area contributed by atoms with E-state index in [9.17, 15) is 0 Å². The molecule has 36 heavy (non-hydrogen) atoms. The average Bonchev–Trinajstić information content (AvgIpc) is 3.62. The summed E-state index contributed by atoms with van der Waals surface area (Å²) in [6, 6.07) is 6.82. The Morgan fingerprint density at radius 1 is 1.17 bits per heavy atom. The second kappa shape index (κ2) is 9.29. The molecule has 0 amide bonds. The summed E-state index contributed by atoms with van der Waals surface area (Å²) in [5, 5.41) is 6.04. The van der Waals surface area contributed by atoms with E-state index in [1.54, 1.807) is 0 Å². The molecule has 2 atom stereocenters. The molecule has 1 N–H and O–H groups in total. The van der Waals surface area contributed by atoms with Gasteiger partial charge in [0.25, 0.3) is 0 Å². The monoisotopic (exact) mass is 486 g/mol. The number of ether oxygens (including phenoxy) is 1. The number of pyridine rings is 1. The predicted octanol–water partition coefficient (Wildman–Crippen LogP) is 3.99. The summed E-state index contributed by atoms with van der Waals surface area (Å²) in [4.78, 5) is 22.7. The van der Waals surface area contributed by atoms with E-state index in [0.717, 1.165) is 72.0 Å². The van der Waals surface area contributed by atoms with Crippen LogP contribution in [0.1, 0.15) is 37.7 Å². The van der Waals surface area contributed by atoms with Gasteiger partial charge in [0.2, 0.25) is 0 Å². The third kappa shape index (κ3) is 3.96. The number of aromatic amines is 1. The van der Waals surface area contributed by atoms with Gasteiger partial charge in [-0.1, -0.05) is 6.92 Å². The van der Waals surface area contributed by atoms with Crippen LogP contribution in [-0.2, 0) is 4.74 Å². The van der Waals surface area contributed by atoms with Crippen LogP contribution < -0.4 is 4.90 Å². The minimum absolute atomic E-state index is 0.238. The molecule has 9 nitrogen and oxygen atoms in total. The van der Waals surface area contributed by atoms with Gasteiger partial charge in [-0.05, 0) is 45.9 Å². The Kier molecular flexibility index (Phi) is 5.97. The Labute approximate surface area is 211 Å². The van der Waals surface area contributed by atoms with Crippen molar-refractivity contribution in [2.45, 2.75) is 46.2 Å². The second-order valence-electron chi connectivity index (χ2n) is 9.98. The van der Waals surface area contributed by atoms with E-state index in [4.69, 9.17) is 19.8 Å². The Hall–Kier alpha value is -3.30. The van der Waals surface area contributed by atoms with Gasteiger partial charge in [-0.15, -0.1) is 0 Å². The van der Waals surface area contributed by atoms with Crippen molar-refractivity contribution in [2.75, 3.05) is 44.3 Å². The zero-order valence-corrected chi connectivity index (χ0v) is 21.5. The standard InChI is InChI=1S/C27H34N8O/c1-5-33-11-8-20(15-33)35-19(4)25(18(3)32-35)23-14-24(34-12-13-36-16-17(34)2)31-27(30-23)22-7-10-29-26-21(22)6-9-28-26/h6-7,9-10,14,17,20H,5,8,11-13,15-16H2,1-4H3,(H,28,29)/t17-,20?/m1/s1. The molecule has 0 aromatic carbocycles. The van der Waals surface area contributed by atoms with E-state index in [2.05, 4.69) is 58.2 Å². The molecule has 0 spiro atoms. The number of anilines is 1. The van der Waals surface area contributed by atoms with Gasteiger partial charge >= 0.3 is 0 Å². The molecule has 6 heterocycles. The van der Waals surface area contributed by atoms with Crippen LogP contribution in [0.3, 0.4) is 0 Å². The number of morpholine rings is 1. The van der Waals surface area contributed by atoms with E-state index in [0.29, 0.717) is 25.1 Å². The number of aromatic nitrogens is 6. The van der Waals surface area contributed by atoms with Gasteiger partial charge in [0.15, 0.2) is 5.82 Å². The summed E-state index contributed by atoms with van der Waals surface area (Å²) in [5.74, 6) is 1.63. The van der Waals surface area contributed by atoms with Gasteiger partial charge in [-0.25, -0.2) is 15.0 Å². The molecule has 4 aromatic rings. The minimum atomic E-state index is 0.238. The van der Waals surface area contributed by atoms with Gasteiger partial charge in [0.1, 0.15) is 11.5 Å². The highest BCUT2D eigenvalue weighted by atomic mass is 16.5. The summed E-state index contributed by atoms with van der Waals surface area (Å²) in [7, 11) is 0. The number of nitrogens with one attached hydrogen (secondary N) is 1.